The number of hydrogen-bond acceptors (Lipinski definition) is 1. The Bertz CT molecular complexity index is 431. The Kier molecular flexibility index (Phi) is 3.66. The number of nitrogens with two attached hydrogens (primary N) is 1. The molecule has 2 unspecified atom stereocenters. The summed E-state index contributed by atoms with van der Waals surface area (Å²) in [6.45, 7) is 2.42. The van der Waals surface area contributed by atoms with Gasteiger partial charge in [-0.2, -0.15) is 0 Å². The summed E-state index contributed by atoms with van der Waals surface area (Å²) in [4.78, 5) is 0. The Morgan fingerprint density at radius 1 is 1.21 bits per heavy atom. The van der Waals surface area contributed by atoms with Crippen molar-refractivity contribution < 1.29 is 0 Å². The maximum absolute atomic E-state index is 6.60. The van der Waals surface area contributed by atoms with Gasteiger partial charge in [0.1, 0.15) is 0 Å². The fourth-order valence-corrected chi connectivity index (χ4v) is 4.24. The summed E-state index contributed by atoms with van der Waals surface area (Å²) in [5, 5.41) is 0. The summed E-state index contributed by atoms with van der Waals surface area (Å²) in [7, 11) is 0. The van der Waals surface area contributed by atoms with E-state index in [4.69, 9.17) is 5.73 Å². The molecule has 104 valence electrons. The maximum Gasteiger partial charge on any atom is 0.00987 e. The fourth-order valence-electron chi connectivity index (χ4n) is 4.24. The molecule has 1 saturated carbocycles. The zero-order valence-corrected chi connectivity index (χ0v) is 12.2. The van der Waals surface area contributed by atoms with Crippen molar-refractivity contribution in [3.63, 3.8) is 0 Å². The van der Waals surface area contributed by atoms with Crippen molar-refractivity contribution in [1.29, 1.82) is 0 Å². The van der Waals surface area contributed by atoms with Gasteiger partial charge in [-0.25, -0.2) is 0 Å². The largest absolute Gasteiger partial charge is 0.327 e. The molecule has 1 heteroatoms. The van der Waals surface area contributed by atoms with Gasteiger partial charge < -0.3 is 5.73 Å². The van der Waals surface area contributed by atoms with Gasteiger partial charge in [-0.1, -0.05) is 44.0 Å². The van der Waals surface area contributed by atoms with Crippen LogP contribution in [0.15, 0.2) is 24.3 Å². The van der Waals surface area contributed by atoms with Crippen LogP contribution in [0.3, 0.4) is 0 Å². The van der Waals surface area contributed by atoms with Crippen molar-refractivity contribution in [1.82, 2.24) is 0 Å². The summed E-state index contributed by atoms with van der Waals surface area (Å²) in [6, 6.07) is 9.40. The molecule has 1 aromatic carbocycles. The minimum absolute atomic E-state index is 0.381. The van der Waals surface area contributed by atoms with E-state index in [1.807, 2.05) is 0 Å². The molecule has 19 heavy (non-hydrogen) atoms. The van der Waals surface area contributed by atoms with Crippen molar-refractivity contribution in [3.8, 4) is 0 Å². The van der Waals surface area contributed by atoms with Crippen LogP contribution in [0.25, 0.3) is 0 Å². The van der Waals surface area contributed by atoms with Crippen molar-refractivity contribution in [2.24, 2.45) is 11.1 Å². The zero-order valence-electron chi connectivity index (χ0n) is 12.2. The van der Waals surface area contributed by atoms with Crippen molar-refractivity contribution >= 4 is 0 Å². The normalized spacial score (nSPS) is 26.9. The SMILES string of the molecule is CC1(C(N)CC2CCCc3ccccc32)CCCC1. The van der Waals surface area contributed by atoms with E-state index in [9.17, 15) is 0 Å². The molecular formula is C18H27N. The average molecular weight is 257 g/mol. The lowest BCUT2D eigenvalue weighted by atomic mass is 9.73. The lowest BCUT2D eigenvalue weighted by molar-refractivity contribution is 0.235. The highest BCUT2D eigenvalue weighted by Crippen LogP contribution is 2.44. The molecule has 0 spiro atoms. The highest BCUT2D eigenvalue weighted by atomic mass is 14.7. The van der Waals surface area contributed by atoms with Gasteiger partial charge in [0, 0.05) is 6.04 Å². The summed E-state index contributed by atoms with van der Waals surface area (Å²) >= 11 is 0. The second-order valence-corrected chi connectivity index (χ2v) is 6.99. The second kappa shape index (κ2) is 5.28. The Morgan fingerprint density at radius 3 is 2.74 bits per heavy atom. The minimum atomic E-state index is 0.381. The van der Waals surface area contributed by atoms with Crippen molar-refractivity contribution in [2.75, 3.05) is 0 Å². The maximum atomic E-state index is 6.60. The lowest BCUT2D eigenvalue weighted by Crippen LogP contribution is -2.39. The number of aryl methyl sites for hydroxylation is 1. The topological polar surface area (TPSA) is 26.0 Å². The molecule has 2 aliphatic rings. The summed E-state index contributed by atoms with van der Waals surface area (Å²) in [6.07, 6.45) is 10.6. The zero-order chi connectivity index (χ0) is 13.3. The molecule has 0 heterocycles. The molecule has 3 rings (SSSR count). The second-order valence-electron chi connectivity index (χ2n) is 6.99. The quantitative estimate of drug-likeness (QED) is 0.853. The molecule has 0 amide bonds. The smallest absolute Gasteiger partial charge is 0.00987 e. The van der Waals surface area contributed by atoms with Gasteiger partial charge in [-0.05, 0) is 61.0 Å². The lowest BCUT2D eigenvalue weighted by Gasteiger charge is -2.35. The van der Waals surface area contributed by atoms with Gasteiger partial charge in [0.25, 0.3) is 0 Å². The number of rotatable bonds is 3. The molecule has 2 N–H and O–H groups in total. The van der Waals surface area contributed by atoms with E-state index in [-0.39, 0.29) is 0 Å². The first kappa shape index (κ1) is 13.2. The molecule has 1 fully saturated rings. The molecule has 2 atom stereocenters. The van der Waals surface area contributed by atoms with E-state index in [1.165, 1.54) is 51.4 Å². The number of fused-ring (bicyclic) bond motifs is 1. The van der Waals surface area contributed by atoms with E-state index in [1.54, 1.807) is 11.1 Å². The van der Waals surface area contributed by atoms with Gasteiger partial charge in [0.2, 0.25) is 0 Å². The molecule has 0 bridgehead atoms. The molecule has 0 radical (unpaired) electrons. The van der Waals surface area contributed by atoms with E-state index in [2.05, 4.69) is 31.2 Å². The minimum Gasteiger partial charge on any atom is -0.327 e. The highest BCUT2D eigenvalue weighted by Gasteiger charge is 2.36. The van der Waals surface area contributed by atoms with Gasteiger partial charge in [-0.3, -0.25) is 0 Å². The predicted molar refractivity (Wildman–Crippen MR) is 81.3 cm³/mol. The Hall–Kier alpha value is -0.820. The van der Waals surface area contributed by atoms with E-state index in [0.717, 1.165) is 0 Å². The summed E-state index contributed by atoms with van der Waals surface area (Å²) in [5.74, 6) is 0.706. The molecule has 1 nitrogen and oxygen atoms in total. The first-order chi connectivity index (χ1) is 9.19. The Labute approximate surface area is 117 Å². The third-order valence-electron chi connectivity index (χ3n) is 5.67. The van der Waals surface area contributed by atoms with Gasteiger partial charge in [0.05, 0.1) is 0 Å². The van der Waals surface area contributed by atoms with Crippen LogP contribution in [0, 0.1) is 5.41 Å². The van der Waals surface area contributed by atoms with Gasteiger partial charge in [0.15, 0.2) is 0 Å². The Morgan fingerprint density at radius 2 is 1.95 bits per heavy atom. The molecule has 0 saturated heterocycles. The molecular weight excluding hydrogens is 230 g/mol. The molecule has 2 aliphatic carbocycles. The monoisotopic (exact) mass is 257 g/mol. The fraction of sp³-hybridized carbons (Fsp3) is 0.667. The van der Waals surface area contributed by atoms with E-state index >= 15 is 0 Å². The van der Waals surface area contributed by atoms with Crippen LogP contribution in [0.4, 0.5) is 0 Å². The van der Waals surface area contributed by atoms with Crippen LogP contribution in [-0.2, 0) is 6.42 Å². The average Bonchev–Trinajstić information content (AvgIpc) is 2.87. The summed E-state index contributed by atoms with van der Waals surface area (Å²) < 4.78 is 0. The Balaban J connectivity index is 1.74. The summed E-state index contributed by atoms with van der Waals surface area (Å²) in [5.41, 5.74) is 10.2. The molecule has 1 aromatic rings. The first-order valence-electron chi connectivity index (χ1n) is 8.02. The number of benzene rings is 1. The van der Waals surface area contributed by atoms with Crippen molar-refractivity contribution in [3.05, 3.63) is 35.4 Å². The highest BCUT2D eigenvalue weighted by molar-refractivity contribution is 5.32. The van der Waals surface area contributed by atoms with E-state index < -0.39 is 0 Å². The van der Waals surface area contributed by atoms with Crippen LogP contribution in [0.1, 0.15) is 68.9 Å². The number of hydrogen-bond donors (Lipinski definition) is 1. The van der Waals surface area contributed by atoms with E-state index in [0.29, 0.717) is 17.4 Å². The van der Waals surface area contributed by atoms with Gasteiger partial charge in [-0.15, -0.1) is 0 Å². The van der Waals surface area contributed by atoms with Crippen LogP contribution in [0.5, 0.6) is 0 Å². The predicted octanol–water partition coefficient (Wildman–Crippen LogP) is 4.40. The van der Waals surface area contributed by atoms with Crippen LogP contribution in [-0.4, -0.2) is 6.04 Å². The standard InChI is InChI=1S/C18H27N/c1-18(11-4-5-12-18)17(19)13-15-9-6-8-14-7-2-3-10-16(14)15/h2-3,7,10,15,17H,4-6,8-9,11-13,19H2,1H3. The van der Waals surface area contributed by atoms with Gasteiger partial charge >= 0.3 is 0 Å². The third-order valence-corrected chi connectivity index (χ3v) is 5.67. The third kappa shape index (κ3) is 2.58. The van der Waals surface area contributed by atoms with Crippen molar-refractivity contribution in [2.45, 2.75) is 70.3 Å². The van der Waals surface area contributed by atoms with Crippen LogP contribution < -0.4 is 5.73 Å². The van der Waals surface area contributed by atoms with Crippen LogP contribution in [0.2, 0.25) is 0 Å². The first-order valence-corrected chi connectivity index (χ1v) is 8.02. The van der Waals surface area contributed by atoms with Crippen LogP contribution >= 0.6 is 0 Å². The molecule has 0 aromatic heterocycles. The molecule has 0 aliphatic heterocycles.